The normalized spacial score (nSPS) is 10.3. The molecule has 0 fully saturated rings. The van der Waals surface area contributed by atoms with Gasteiger partial charge < -0.3 is 10.0 Å². The maximum Gasteiger partial charge on any atom is 0.289 e. The molecule has 1 aromatic rings. The molecule has 0 aliphatic carbocycles. The van der Waals surface area contributed by atoms with Crippen molar-refractivity contribution in [2.24, 2.45) is 0 Å². The van der Waals surface area contributed by atoms with Gasteiger partial charge in [-0.3, -0.25) is 10.1 Å². The summed E-state index contributed by atoms with van der Waals surface area (Å²) in [5.74, 6) is 0. The summed E-state index contributed by atoms with van der Waals surface area (Å²) >= 11 is 0. The first-order chi connectivity index (χ1) is 9.58. The highest BCUT2D eigenvalue weighted by Gasteiger charge is 2.20. The third kappa shape index (κ3) is 3.45. The largest absolute Gasteiger partial charge is 0.395 e. The maximum atomic E-state index is 11.0. The van der Waals surface area contributed by atoms with Crippen molar-refractivity contribution in [1.82, 2.24) is 0 Å². The van der Waals surface area contributed by atoms with Crippen LogP contribution in [0.4, 0.5) is 11.4 Å². The summed E-state index contributed by atoms with van der Waals surface area (Å²) in [5.41, 5.74) is 0.518. The zero-order valence-electron chi connectivity index (χ0n) is 11.7. The lowest BCUT2D eigenvalue weighted by atomic mass is 10.1. The fraction of sp³-hybridized carbons (Fsp3) is 0.500. The molecule has 1 aromatic carbocycles. The van der Waals surface area contributed by atoms with E-state index in [2.05, 4.69) is 0 Å². The molecule has 0 unspecified atom stereocenters. The summed E-state index contributed by atoms with van der Waals surface area (Å²) in [5, 5.41) is 29.1. The van der Waals surface area contributed by atoms with Crippen LogP contribution in [0.2, 0.25) is 0 Å². The minimum atomic E-state index is -0.550. The molecule has 0 atom stereocenters. The van der Waals surface area contributed by atoms with Crippen LogP contribution >= 0.6 is 0 Å². The Hall–Kier alpha value is -2.13. The van der Waals surface area contributed by atoms with Gasteiger partial charge in [-0.25, -0.2) is 0 Å². The van der Waals surface area contributed by atoms with Crippen molar-refractivity contribution in [3.63, 3.8) is 0 Å². The molecule has 0 saturated carbocycles. The van der Waals surface area contributed by atoms with Crippen LogP contribution in [0, 0.1) is 21.4 Å². The smallest absolute Gasteiger partial charge is 0.289 e. The van der Waals surface area contributed by atoms with Gasteiger partial charge in [0, 0.05) is 24.3 Å². The molecule has 0 bridgehead atoms. The van der Waals surface area contributed by atoms with Gasteiger partial charge in [0.05, 0.1) is 11.5 Å². The van der Waals surface area contributed by atoms with Crippen molar-refractivity contribution in [2.75, 3.05) is 18.1 Å². The fourth-order valence-corrected chi connectivity index (χ4v) is 2.30. The predicted molar refractivity (Wildman–Crippen MR) is 76.6 cm³/mol. The van der Waals surface area contributed by atoms with Gasteiger partial charge in [0.15, 0.2) is 0 Å². The second-order valence-electron chi connectivity index (χ2n) is 4.46. The van der Waals surface area contributed by atoms with Crippen LogP contribution in [0.25, 0.3) is 0 Å². The second-order valence-corrected chi connectivity index (χ2v) is 4.46. The van der Waals surface area contributed by atoms with Crippen molar-refractivity contribution < 1.29 is 10.0 Å². The van der Waals surface area contributed by atoms with Crippen LogP contribution in [-0.4, -0.2) is 29.2 Å². The van der Waals surface area contributed by atoms with Crippen molar-refractivity contribution >= 4 is 11.4 Å². The van der Waals surface area contributed by atoms with Gasteiger partial charge in [0.25, 0.3) is 5.69 Å². The molecule has 1 N–H and O–H groups in total. The number of nitrogens with zero attached hydrogens (tertiary/aromatic N) is 3. The van der Waals surface area contributed by atoms with E-state index in [9.17, 15) is 15.2 Å². The zero-order valence-corrected chi connectivity index (χ0v) is 11.7. The van der Waals surface area contributed by atoms with E-state index in [0.29, 0.717) is 12.2 Å². The molecule has 0 radical (unpaired) electrons. The minimum absolute atomic E-state index is 0.0235. The Morgan fingerprint density at radius 3 is 2.55 bits per heavy atom. The van der Waals surface area contributed by atoms with Crippen molar-refractivity contribution in [3.05, 3.63) is 33.9 Å². The lowest BCUT2D eigenvalue weighted by Gasteiger charge is -2.32. The van der Waals surface area contributed by atoms with E-state index in [1.165, 1.54) is 12.1 Å². The van der Waals surface area contributed by atoms with Crippen LogP contribution in [-0.2, 0) is 0 Å². The molecule has 0 aliphatic heterocycles. The molecule has 108 valence electrons. The molecule has 0 saturated heterocycles. The Labute approximate surface area is 118 Å². The highest BCUT2D eigenvalue weighted by Crippen LogP contribution is 2.27. The van der Waals surface area contributed by atoms with Gasteiger partial charge in [0.2, 0.25) is 0 Å². The number of benzene rings is 1. The van der Waals surface area contributed by atoms with E-state index < -0.39 is 4.92 Å². The Morgan fingerprint density at radius 2 is 2.10 bits per heavy atom. The van der Waals surface area contributed by atoms with Crippen LogP contribution in [0.1, 0.15) is 32.3 Å². The number of nitro groups is 1. The van der Waals surface area contributed by atoms with Crippen molar-refractivity contribution in [2.45, 2.75) is 32.7 Å². The van der Waals surface area contributed by atoms with Gasteiger partial charge in [-0.15, -0.1) is 0 Å². The summed E-state index contributed by atoms with van der Waals surface area (Å²) in [6, 6.07) is 6.59. The fourth-order valence-electron chi connectivity index (χ4n) is 2.30. The first-order valence-corrected chi connectivity index (χ1v) is 6.65. The number of nitro benzene ring substituents is 1. The number of aliphatic hydroxyl groups excluding tert-OH is 1. The van der Waals surface area contributed by atoms with E-state index in [0.717, 1.165) is 12.8 Å². The minimum Gasteiger partial charge on any atom is -0.395 e. The molecule has 0 aromatic heterocycles. The number of aliphatic hydroxyl groups is 1. The van der Waals surface area contributed by atoms with Gasteiger partial charge in [-0.1, -0.05) is 13.8 Å². The van der Waals surface area contributed by atoms with Gasteiger partial charge in [-0.2, -0.15) is 5.26 Å². The lowest BCUT2D eigenvalue weighted by molar-refractivity contribution is -0.385. The topological polar surface area (TPSA) is 90.4 Å². The number of nitriles is 1. The summed E-state index contributed by atoms with van der Waals surface area (Å²) < 4.78 is 0. The Bertz CT molecular complexity index is 507. The molecule has 1 rings (SSSR count). The van der Waals surface area contributed by atoms with Crippen molar-refractivity contribution in [1.29, 1.82) is 5.26 Å². The number of hydrogen-bond acceptors (Lipinski definition) is 5. The highest BCUT2D eigenvalue weighted by atomic mass is 16.6. The average molecular weight is 277 g/mol. The Kier molecular flexibility index (Phi) is 5.94. The standard InChI is InChI=1S/C14H19N3O3/c1-3-12(4-2)16(7-8-18)13-6-5-11(10-15)14(9-13)17(19)20/h5-6,9,12,18H,3-4,7-8H2,1-2H3. The molecule has 0 aliphatic rings. The first kappa shape index (κ1) is 15.9. The molecule has 20 heavy (non-hydrogen) atoms. The van der Waals surface area contributed by atoms with Crippen molar-refractivity contribution in [3.8, 4) is 6.07 Å². The summed E-state index contributed by atoms with van der Waals surface area (Å²) in [6.45, 7) is 4.47. The zero-order chi connectivity index (χ0) is 15.1. The molecule has 6 heteroatoms. The highest BCUT2D eigenvalue weighted by molar-refractivity contribution is 5.60. The van der Waals surface area contributed by atoms with Crippen LogP contribution < -0.4 is 4.90 Å². The van der Waals surface area contributed by atoms with E-state index in [1.54, 1.807) is 6.07 Å². The predicted octanol–water partition coefficient (Wildman–Crippen LogP) is 2.45. The molecular formula is C14H19N3O3. The van der Waals surface area contributed by atoms with E-state index >= 15 is 0 Å². The average Bonchev–Trinajstić information content (AvgIpc) is 2.46. The number of anilines is 1. The van der Waals surface area contributed by atoms with Gasteiger partial charge in [0.1, 0.15) is 11.6 Å². The van der Waals surface area contributed by atoms with E-state index in [4.69, 9.17) is 5.26 Å². The molecule has 0 spiro atoms. The summed E-state index contributed by atoms with van der Waals surface area (Å²) in [6.07, 6.45) is 1.76. The van der Waals surface area contributed by atoms with Crippen LogP contribution in [0.15, 0.2) is 18.2 Å². The Morgan fingerprint density at radius 1 is 1.45 bits per heavy atom. The third-order valence-electron chi connectivity index (χ3n) is 3.35. The summed E-state index contributed by atoms with van der Waals surface area (Å²) in [7, 11) is 0. The molecule has 0 amide bonds. The second kappa shape index (κ2) is 7.46. The SMILES string of the molecule is CCC(CC)N(CCO)c1ccc(C#N)c([N+](=O)[O-])c1. The molecular weight excluding hydrogens is 258 g/mol. The van der Waals surface area contributed by atoms with Gasteiger partial charge >= 0.3 is 0 Å². The number of rotatable bonds is 7. The summed E-state index contributed by atoms with van der Waals surface area (Å²) in [4.78, 5) is 12.4. The number of hydrogen-bond donors (Lipinski definition) is 1. The van der Waals surface area contributed by atoms with Gasteiger partial charge in [-0.05, 0) is 25.0 Å². The lowest BCUT2D eigenvalue weighted by Crippen LogP contribution is -2.36. The quantitative estimate of drug-likeness (QED) is 0.610. The molecule has 6 nitrogen and oxygen atoms in total. The Balaban J connectivity index is 3.24. The first-order valence-electron chi connectivity index (χ1n) is 6.65. The maximum absolute atomic E-state index is 11.0. The van der Waals surface area contributed by atoms with Crippen LogP contribution in [0.5, 0.6) is 0 Å². The monoisotopic (exact) mass is 277 g/mol. The molecule has 0 heterocycles. The third-order valence-corrected chi connectivity index (χ3v) is 3.35. The van der Waals surface area contributed by atoms with E-state index in [1.807, 2.05) is 24.8 Å². The van der Waals surface area contributed by atoms with E-state index in [-0.39, 0.29) is 23.9 Å². The van der Waals surface area contributed by atoms with Crippen LogP contribution in [0.3, 0.4) is 0 Å².